The third-order valence-electron chi connectivity index (χ3n) is 3.60. The standard InChI is InChI=1S/C20H16O/c21-15-16-6-4-9-18(13-12-16)20-11-5-10-19(14-20)17-7-2-1-3-8-17/h1-8,10-15H,9H2. The largest absolute Gasteiger partial charge is 0.298 e. The molecule has 2 aromatic rings. The van der Waals surface area contributed by atoms with E-state index < -0.39 is 0 Å². The van der Waals surface area contributed by atoms with Crippen LogP contribution in [-0.2, 0) is 4.79 Å². The molecule has 1 heteroatoms. The summed E-state index contributed by atoms with van der Waals surface area (Å²) < 4.78 is 0. The zero-order valence-corrected chi connectivity index (χ0v) is 11.7. The molecular formula is C20H16O. The summed E-state index contributed by atoms with van der Waals surface area (Å²) in [6.45, 7) is 0. The van der Waals surface area contributed by atoms with Crippen LogP contribution >= 0.6 is 0 Å². The smallest absolute Gasteiger partial charge is 0.150 e. The topological polar surface area (TPSA) is 17.1 Å². The van der Waals surface area contributed by atoms with Crippen LogP contribution in [0.4, 0.5) is 0 Å². The van der Waals surface area contributed by atoms with Crippen LogP contribution in [0.2, 0.25) is 0 Å². The highest BCUT2D eigenvalue weighted by Gasteiger charge is 2.04. The van der Waals surface area contributed by atoms with Gasteiger partial charge in [0.15, 0.2) is 0 Å². The molecule has 102 valence electrons. The van der Waals surface area contributed by atoms with Crippen molar-refractivity contribution >= 4 is 11.9 Å². The average Bonchev–Trinajstić information content (AvgIpc) is 2.81. The second-order valence-electron chi connectivity index (χ2n) is 5.03. The molecule has 1 nitrogen and oxygen atoms in total. The van der Waals surface area contributed by atoms with Gasteiger partial charge < -0.3 is 0 Å². The molecule has 1 aliphatic carbocycles. The third-order valence-corrected chi connectivity index (χ3v) is 3.60. The molecule has 1 aliphatic rings. The summed E-state index contributed by atoms with van der Waals surface area (Å²) in [6.07, 6.45) is 9.54. The van der Waals surface area contributed by atoms with Gasteiger partial charge in [0, 0.05) is 5.57 Å². The fraction of sp³-hybridized carbons (Fsp3) is 0.0500. The Morgan fingerprint density at radius 3 is 2.38 bits per heavy atom. The predicted octanol–water partition coefficient (Wildman–Crippen LogP) is 4.82. The summed E-state index contributed by atoms with van der Waals surface area (Å²) in [7, 11) is 0. The van der Waals surface area contributed by atoms with Crippen molar-refractivity contribution in [2.24, 2.45) is 0 Å². The minimum absolute atomic E-state index is 0.712. The molecule has 0 aliphatic heterocycles. The van der Waals surface area contributed by atoms with Crippen molar-refractivity contribution in [1.82, 2.24) is 0 Å². The first-order valence-electron chi connectivity index (χ1n) is 7.05. The molecule has 21 heavy (non-hydrogen) atoms. The van der Waals surface area contributed by atoms with Gasteiger partial charge in [0.25, 0.3) is 0 Å². The number of hydrogen-bond donors (Lipinski definition) is 0. The Morgan fingerprint density at radius 1 is 0.810 bits per heavy atom. The van der Waals surface area contributed by atoms with Gasteiger partial charge in [0.1, 0.15) is 6.29 Å². The highest BCUT2D eigenvalue weighted by Crippen LogP contribution is 2.26. The fourth-order valence-corrected chi connectivity index (χ4v) is 2.46. The van der Waals surface area contributed by atoms with Crippen LogP contribution in [0, 0.1) is 0 Å². The van der Waals surface area contributed by atoms with Crippen LogP contribution in [0.25, 0.3) is 16.7 Å². The van der Waals surface area contributed by atoms with Crippen molar-refractivity contribution in [3.63, 3.8) is 0 Å². The molecule has 0 amide bonds. The van der Waals surface area contributed by atoms with E-state index in [0.29, 0.717) is 5.57 Å². The predicted molar refractivity (Wildman–Crippen MR) is 87.8 cm³/mol. The van der Waals surface area contributed by atoms with E-state index in [2.05, 4.69) is 48.5 Å². The Morgan fingerprint density at radius 2 is 1.57 bits per heavy atom. The lowest BCUT2D eigenvalue weighted by atomic mass is 9.97. The normalized spacial score (nSPS) is 14.1. The van der Waals surface area contributed by atoms with Crippen molar-refractivity contribution in [2.45, 2.75) is 6.42 Å². The van der Waals surface area contributed by atoms with Gasteiger partial charge in [0.2, 0.25) is 0 Å². The Bertz CT molecular complexity index is 733. The second-order valence-corrected chi connectivity index (χ2v) is 5.03. The lowest BCUT2D eigenvalue weighted by Gasteiger charge is -2.07. The maximum atomic E-state index is 10.8. The molecule has 0 atom stereocenters. The SMILES string of the molecule is O=CC1=CC=C(c2cccc(-c3ccccc3)c2)CC=C1. The molecule has 0 fully saturated rings. The number of rotatable bonds is 3. The van der Waals surface area contributed by atoms with Crippen LogP contribution in [0.5, 0.6) is 0 Å². The van der Waals surface area contributed by atoms with Crippen molar-refractivity contribution < 1.29 is 4.79 Å². The minimum atomic E-state index is 0.712. The average molecular weight is 272 g/mol. The number of allylic oxidation sites excluding steroid dienone is 6. The van der Waals surface area contributed by atoms with Gasteiger partial charge in [-0.25, -0.2) is 0 Å². The molecule has 0 N–H and O–H groups in total. The van der Waals surface area contributed by atoms with Gasteiger partial charge in [0.05, 0.1) is 0 Å². The van der Waals surface area contributed by atoms with Gasteiger partial charge in [-0.15, -0.1) is 0 Å². The monoisotopic (exact) mass is 272 g/mol. The van der Waals surface area contributed by atoms with E-state index in [0.717, 1.165) is 12.7 Å². The van der Waals surface area contributed by atoms with Crippen LogP contribution in [0.15, 0.2) is 84.5 Å². The van der Waals surface area contributed by atoms with E-state index in [1.807, 2.05) is 30.4 Å². The Balaban J connectivity index is 1.97. The minimum Gasteiger partial charge on any atom is -0.298 e. The van der Waals surface area contributed by atoms with Crippen molar-refractivity contribution in [1.29, 1.82) is 0 Å². The number of aldehydes is 1. The summed E-state index contributed by atoms with van der Waals surface area (Å²) in [5, 5.41) is 0. The number of hydrogen-bond acceptors (Lipinski definition) is 1. The fourth-order valence-electron chi connectivity index (χ4n) is 2.46. The van der Waals surface area contributed by atoms with Gasteiger partial charge in [-0.2, -0.15) is 0 Å². The van der Waals surface area contributed by atoms with Crippen LogP contribution in [-0.4, -0.2) is 6.29 Å². The maximum Gasteiger partial charge on any atom is 0.150 e. The van der Waals surface area contributed by atoms with E-state index in [1.165, 1.54) is 22.3 Å². The first kappa shape index (κ1) is 13.3. The molecule has 0 radical (unpaired) electrons. The molecule has 0 aromatic heterocycles. The quantitative estimate of drug-likeness (QED) is 0.732. The molecule has 0 saturated heterocycles. The summed E-state index contributed by atoms with van der Waals surface area (Å²) in [6, 6.07) is 18.9. The van der Waals surface area contributed by atoms with Crippen LogP contribution < -0.4 is 0 Å². The molecule has 0 bridgehead atoms. The Kier molecular flexibility index (Phi) is 3.92. The summed E-state index contributed by atoms with van der Waals surface area (Å²) in [5.41, 5.74) is 5.56. The van der Waals surface area contributed by atoms with Crippen LogP contribution in [0.3, 0.4) is 0 Å². The van der Waals surface area contributed by atoms with E-state index in [9.17, 15) is 4.79 Å². The first-order valence-corrected chi connectivity index (χ1v) is 7.05. The highest BCUT2D eigenvalue weighted by atomic mass is 16.1. The molecule has 0 saturated carbocycles. The van der Waals surface area contributed by atoms with Crippen molar-refractivity contribution in [3.05, 3.63) is 90.0 Å². The molecule has 2 aromatic carbocycles. The van der Waals surface area contributed by atoms with E-state index in [4.69, 9.17) is 0 Å². The third kappa shape index (κ3) is 3.09. The Hall–Kier alpha value is -2.67. The van der Waals surface area contributed by atoms with Gasteiger partial charge in [-0.3, -0.25) is 4.79 Å². The summed E-state index contributed by atoms with van der Waals surface area (Å²) >= 11 is 0. The lowest BCUT2D eigenvalue weighted by Crippen LogP contribution is -1.85. The number of carbonyl (C=O) groups is 1. The van der Waals surface area contributed by atoms with Crippen LogP contribution in [0.1, 0.15) is 12.0 Å². The van der Waals surface area contributed by atoms with Gasteiger partial charge >= 0.3 is 0 Å². The van der Waals surface area contributed by atoms with E-state index in [-0.39, 0.29) is 0 Å². The first-order chi connectivity index (χ1) is 10.4. The molecule has 0 heterocycles. The number of carbonyl (C=O) groups excluding carboxylic acids is 1. The zero-order chi connectivity index (χ0) is 14.5. The molecule has 0 unspecified atom stereocenters. The summed E-state index contributed by atoms with van der Waals surface area (Å²) in [4.78, 5) is 10.8. The van der Waals surface area contributed by atoms with E-state index in [1.54, 1.807) is 0 Å². The molecular weight excluding hydrogens is 256 g/mol. The maximum absolute atomic E-state index is 10.8. The van der Waals surface area contributed by atoms with Gasteiger partial charge in [-0.05, 0) is 34.8 Å². The van der Waals surface area contributed by atoms with Gasteiger partial charge in [-0.1, -0.05) is 72.8 Å². The Labute approximate surface area is 124 Å². The highest BCUT2D eigenvalue weighted by molar-refractivity contribution is 5.81. The van der Waals surface area contributed by atoms with Crippen molar-refractivity contribution in [3.8, 4) is 11.1 Å². The molecule has 0 spiro atoms. The van der Waals surface area contributed by atoms with E-state index >= 15 is 0 Å². The second kappa shape index (κ2) is 6.19. The summed E-state index contributed by atoms with van der Waals surface area (Å²) in [5.74, 6) is 0. The lowest BCUT2D eigenvalue weighted by molar-refractivity contribution is -0.104. The zero-order valence-electron chi connectivity index (χ0n) is 11.7. The van der Waals surface area contributed by atoms with Crippen molar-refractivity contribution in [2.75, 3.05) is 0 Å². The molecule has 3 rings (SSSR count). The number of benzene rings is 2.